The van der Waals surface area contributed by atoms with Crippen molar-refractivity contribution in [3.8, 4) is 0 Å². The van der Waals surface area contributed by atoms with Crippen molar-refractivity contribution in [2.45, 2.75) is 26.2 Å². The van der Waals surface area contributed by atoms with Crippen molar-refractivity contribution in [1.82, 2.24) is 20.3 Å². The lowest BCUT2D eigenvalue weighted by Gasteiger charge is -2.13. The normalized spacial score (nSPS) is 11.4. The molecule has 0 unspecified atom stereocenters. The first-order valence-electron chi connectivity index (χ1n) is 10.2. The zero-order valence-electron chi connectivity index (χ0n) is 17.6. The Morgan fingerprint density at radius 2 is 1.70 bits per heavy atom. The van der Waals surface area contributed by atoms with Crippen molar-refractivity contribution in [2.75, 3.05) is 5.32 Å². The van der Waals surface area contributed by atoms with Gasteiger partial charge in [-0.3, -0.25) is 4.79 Å². The Bertz CT molecular complexity index is 1310. The van der Waals surface area contributed by atoms with Crippen LogP contribution in [0.15, 0.2) is 66.7 Å². The Morgan fingerprint density at radius 1 is 0.909 bits per heavy atom. The lowest BCUT2D eigenvalue weighted by atomic mass is 10.1. The van der Waals surface area contributed by atoms with Gasteiger partial charge >= 0.3 is 6.18 Å². The predicted octanol–water partition coefficient (Wildman–Crippen LogP) is 4.89. The molecule has 0 saturated heterocycles. The number of pyridine rings is 1. The van der Waals surface area contributed by atoms with Crippen molar-refractivity contribution in [3.63, 3.8) is 0 Å². The maximum Gasteiger partial charge on any atom is 0.416 e. The fourth-order valence-corrected chi connectivity index (χ4v) is 3.30. The fourth-order valence-electron chi connectivity index (χ4n) is 3.30. The summed E-state index contributed by atoms with van der Waals surface area (Å²) in [4.78, 5) is 25.6. The average Bonchev–Trinajstić information content (AvgIpc) is 2.80. The molecule has 4 rings (SSSR count). The number of fused-ring (bicyclic) bond motifs is 1. The Morgan fingerprint density at radius 3 is 2.48 bits per heavy atom. The molecule has 2 aromatic heterocycles. The number of carbonyl (C=O) groups is 1. The molecule has 2 N–H and O–H groups in total. The third-order valence-corrected chi connectivity index (χ3v) is 4.89. The number of amides is 1. The van der Waals surface area contributed by atoms with Crippen LogP contribution in [0, 0.1) is 6.92 Å². The summed E-state index contributed by atoms with van der Waals surface area (Å²) in [5.74, 6) is 0.478. The Kier molecular flexibility index (Phi) is 6.21. The van der Waals surface area contributed by atoms with Crippen LogP contribution in [0.3, 0.4) is 0 Å². The second kappa shape index (κ2) is 9.23. The van der Waals surface area contributed by atoms with E-state index in [9.17, 15) is 18.0 Å². The zero-order chi connectivity index (χ0) is 23.4. The van der Waals surface area contributed by atoms with Gasteiger partial charge in [-0.05, 0) is 48.9 Å². The summed E-state index contributed by atoms with van der Waals surface area (Å²) in [6.07, 6.45) is -4.41. The number of para-hydroxylation sites is 1. The lowest BCUT2D eigenvalue weighted by Crippen LogP contribution is -2.25. The summed E-state index contributed by atoms with van der Waals surface area (Å²) in [5.41, 5.74) is 1.43. The van der Waals surface area contributed by atoms with Gasteiger partial charge in [-0.2, -0.15) is 13.2 Å². The molecule has 2 heterocycles. The molecule has 0 saturated carbocycles. The number of aryl methyl sites for hydroxylation is 1. The predicted molar refractivity (Wildman–Crippen MR) is 118 cm³/mol. The van der Waals surface area contributed by atoms with Crippen molar-refractivity contribution < 1.29 is 18.0 Å². The van der Waals surface area contributed by atoms with E-state index >= 15 is 0 Å². The molecular weight excluding hydrogens is 431 g/mol. The molecule has 2 aromatic carbocycles. The van der Waals surface area contributed by atoms with Crippen LogP contribution >= 0.6 is 0 Å². The van der Waals surface area contributed by atoms with Gasteiger partial charge in [0.25, 0.3) is 5.91 Å². The molecule has 0 radical (unpaired) electrons. The summed E-state index contributed by atoms with van der Waals surface area (Å²) >= 11 is 0. The van der Waals surface area contributed by atoms with Gasteiger partial charge < -0.3 is 10.6 Å². The second-order valence-corrected chi connectivity index (χ2v) is 7.40. The molecule has 0 atom stereocenters. The highest BCUT2D eigenvalue weighted by molar-refractivity contribution is 5.92. The summed E-state index contributed by atoms with van der Waals surface area (Å²) in [6.45, 7) is 2.01. The summed E-state index contributed by atoms with van der Waals surface area (Å²) in [6, 6.07) is 17.6. The van der Waals surface area contributed by atoms with Gasteiger partial charge in [-0.25, -0.2) is 15.0 Å². The molecule has 4 aromatic rings. The van der Waals surface area contributed by atoms with Crippen molar-refractivity contribution >= 4 is 22.6 Å². The molecule has 0 fully saturated rings. The highest BCUT2D eigenvalue weighted by Gasteiger charge is 2.30. The first kappa shape index (κ1) is 22.2. The number of benzene rings is 2. The van der Waals surface area contributed by atoms with Gasteiger partial charge in [0, 0.05) is 17.6 Å². The van der Waals surface area contributed by atoms with Gasteiger partial charge in [0.05, 0.1) is 17.6 Å². The van der Waals surface area contributed by atoms with Crippen LogP contribution in [0.1, 0.15) is 33.1 Å². The molecule has 33 heavy (non-hydrogen) atoms. The molecule has 0 spiro atoms. The summed E-state index contributed by atoms with van der Waals surface area (Å²) in [5, 5.41) is 6.58. The van der Waals surface area contributed by atoms with Gasteiger partial charge in [-0.15, -0.1) is 0 Å². The monoisotopic (exact) mass is 451 g/mol. The minimum absolute atomic E-state index is 0.0670. The molecule has 0 bridgehead atoms. The number of rotatable bonds is 6. The van der Waals surface area contributed by atoms with E-state index in [4.69, 9.17) is 0 Å². The number of aromatic nitrogens is 3. The maximum atomic E-state index is 13.0. The van der Waals surface area contributed by atoms with Crippen molar-refractivity contribution in [3.05, 3.63) is 95.1 Å². The number of hydrogen-bond donors (Lipinski definition) is 2. The topological polar surface area (TPSA) is 79.8 Å². The smallest absolute Gasteiger partial charge is 0.365 e. The molecular formula is C24H20F3N5O. The highest BCUT2D eigenvalue weighted by atomic mass is 19.4. The fraction of sp³-hybridized carbons (Fsp3) is 0.167. The van der Waals surface area contributed by atoms with Crippen LogP contribution in [-0.4, -0.2) is 20.9 Å². The molecule has 0 aliphatic rings. The molecule has 0 aliphatic heterocycles. The molecule has 9 heteroatoms. The number of halogens is 3. The van der Waals surface area contributed by atoms with Crippen LogP contribution in [0.25, 0.3) is 10.9 Å². The molecule has 168 valence electrons. The van der Waals surface area contributed by atoms with E-state index in [2.05, 4.69) is 25.6 Å². The first-order valence-corrected chi connectivity index (χ1v) is 10.2. The molecule has 0 aliphatic carbocycles. The van der Waals surface area contributed by atoms with Gasteiger partial charge in [0.15, 0.2) is 5.82 Å². The number of anilines is 1. The molecule has 1 amide bonds. The van der Waals surface area contributed by atoms with E-state index < -0.39 is 11.7 Å². The quantitative estimate of drug-likeness (QED) is 0.436. The number of hydrogen-bond acceptors (Lipinski definition) is 5. The van der Waals surface area contributed by atoms with Gasteiger partial charge in [0.2, 0.25) is 0 Å². The van der Waals surface area contributed by atoms with Gasteiger partial charge in [-0.1, -0.05) is 30.3 Å². The minimum Gasteiger partial charge on any atom is -0.365 e. The highest BCUT2D eigenvalue weighted by Crippen LogP contribution is 2.30. The minimum atomic E-state index is -4.41. The Hall–Kier alpha value is -4.01. The van der Waals surface area contributed by atoms with Crippen LogP contribution in [0.5, 0.6) is 0 Å². The third kappa shape index (κ3) is 5.43. The van der Waals surface area contributed by atoms with E-state index in [1.807, 2.05) is 18.2 Å². The van der Waals surface area contributed by atoms with Crippen LogP contribution in [0.2, 0.25) is 0 Å². The second-order valence-electron chi connectivity index (χ2n) is 7.40. The van der Waals surface area contributed by atoms with Gasteiger partial charge in [0.1, 0.15) is 11.5 Å². The van der Waals surface area contributed by atoms with E-state index in [-0.39, 0.29) is 19.0 Å². The van der Waals surface area contributed by atoms with E-state index in [0.717, 1.165) is 23.2 Å². The summed E-state index contributed by atoms with van der Waals surface area (Å²) in [7, 11) is 0. The maximum absolute atomic E-state index is 13.0. The van der Waals surface area contributed by atoms with Crippen LogP contribution < -0.4 is 10.6 Å². The number of nitrogens with zero attached hydrogens (tertiary/aromatic N) is 3. The largest absolute Gasteiger partial charge is 0.416 e. The summed E-state index contributed by atoms with van der Waals surface area (Å²) < 4.78 is 39.0. The average molecular weight is 451 g/mol. The van der Waals surface area contributed by atoms with E-state index in [1.54, 1.807) is 37.3 Å². The first-order chi connectivity index (χ1) is 15.8. The van der Waals surface area contributed by atoms with Crippen LogP contribution in [0.4, 0.5) is 19.0 Å². The number of carbonyl (C=O) groups excluding carboxylic acids is 1. The Balaban J connectivity index is 1.54. The van der Waals surface area contributed by atoms with Crippen LogP contribution in [-0.2, 0) is 19.3 Å². The van der Waals surface area contributed by atoms with E-state index in [0.29, 0.717) is 28.4 Å². The van der Waals surface area contributed by atoms with Crippen molar-refractivity contribution in [2.24, 2.45) is 0 Å². The lowest BCUT2D eigenvalue weighted by molar-refractivity contribution is -0.137. The standard InChI is InChI=1S/C24H20F3N5O/c1-15-6-4-11-20(30-15)23(33)29-14-21-31-19-10-3-2-9-18(19)22(32-21)28-13-16-7-5-8-17(12-16)24(25,26)27/h2-12H,13-14H2,1H3,(H,29,33)(H,28,31,32). The zero-order valence-corrected chi connectivity index (χ0v) is 17.6. The Labute approximate surface area is 187 Å². The number of alkyl halides is 3. The van der Waals surface area contributed by atoms with E-state index in [1.165, 1.54) is 6.07 Å². The molecule has 6 nitrogen and oxygen atoms in total. The number of nitrogens with one attached hydrogen (secondary N) is 2. The third-order valence-electron chi connectivity index (χ3n) is 4.89. The van der Waals surface area contributed by atoms with Crippen molar-refractivity contribution in [1.29, 1.82) is 0 Å². The SMILES string of the molecule is Cc1cccc(C(=O)NCc2nc(NCc3cccc(C(F)(F)F)c3)c3ccccc3n2)n1.